The maximum atomic E-state index is 11.9. The fourth-order valence-electron chi connectivity index (χ4n) is 1.88. The van der Waals surface area contributed by atoms with Gasteiger partial charge in [-0.2, -0.15) is 0 Å². The Balaban J connectivity index is 3.19. The van der Waals surface area contributed by atoms with Gasteiger partial charge < -0.3 is 9.47 Å². The first-order chi connectivity index (χ1) is 10.9. The summed E-state index contributed by atoms with van der Waals surface area (Å²) < 4.78 is 9.64. The van der Waals surface area contributed by atoms with Crippen molar-refractivity contribution in [3.05, 3.63) is 39.7 Å². The quantitative estimate of drug-likeness (QED) is 0.410. The predicted octanol–water partition coefficient (Wildman–Crippen LogP) is 2.31. The van der Waals surface area contributed by atoms with E-state index in [1.807, 2.05) is 0 Å². The van der Waals surface area contributed by atoms with E-state index in [1.165, 1.54) is 6.08 Å². The first kappa shape index (κ1) is 18.3. The van der Waals surface area contributed by atoms with Gasteiger partial charge >= 0.3 is 11.9 Å². The molecule has 0 amide bonds. The van der Waals surface area contributed by atoms with Crippen molar-refractivity contribution in [1.29, 1.82) is 0 Å². The number of nitro groups is 1. The summed E-state index contributed by atoms with van der Waals surface area (Å²) in [6.45, 7) is 7.20. The van der Waals surface area contributed by atoms with Gasteiger partial charge in [0.25, 0.3) is 5.69 Å². The van der Waals surface area contributed by atoms with E-state index in [4.69, 9.17) is 9.47 Å². The van der Waals surface area contributed by atoms with E-state index in [0.29, 0.717) is 0 Å². The molecule has 1 aromatic heterocycles. The number of hydrogen-bond acceptors (Lipinski definition) is 7. The van der Waals surface area contributed by atoms with Crippen molar-refractivity contribution in [2.24, 2.45) is 0 Å². The van der Waals surface area contributed by atoms with Gasteiger partial charge in [-0.15, -0.1) is 0 Å². The topological polar surface area (TPSA) is 109 Å². The first-order valence-corrected chi connectivity index (χ1v) is 7.08. The molecule has 23 heavy (non-hydrogen) atoms. The number of carbonyl (C=O) groups is 2. The maximum Gasteiger partial charge on any atom is 0.340 e. The number of carbonyl (C=O) groups excluding carboxylic acids is 2. The molecule has 1 rings (SSSR count). The molecule has 8 heteroatoms. The lowest BCUT2D eigenvalue weighted by atomic mass is 10.1. The van der Waals surface area contributed by atoms with Crippen LogP contribution in [0.3, 0.4) is 0 Å². The molecular formula is C15H18N2O6. The molecule has 0 radical (unpaired) electrons. The zero-order chi connectivity index (χ0) is 17.4. The van der Waals surface area contributed by atoms with E-state index in [2.05, 4.69) is 11.6 Å². The lowest BCUT2D eigenvalue weighted by molar-refractivity contribution is -0.386. The molecule has 1 aromatic rings. The molecule has 0 saturated heterocycles. The monoisotopic (exact) mass is 322 g/mol. The molecular weight excluding hydrogens is 304 g/mol. The van der Waals surface area contributed by atoms with Crippen molar-refractivity contribution >= 4 is 23.7 Å². The highest BCUT2D eigenvalue weighted by Crippen LogP contribution is 2.23. The molecule has 0 atom stereocenters. The smallest absolute Gasteiger partial charge is 0.340 e. The molecule has 0 aliphatic rings. The third-order valence-corrected chi connectivity index (χ3v) is 2.86. The van der Waals surface area contributed by atoms with Crippen LogP contribution in [0.2, 0.25) is 0 Å². The third-order valence-electron chi connectivity index (χ3n) is 2.86. The summed E-state index contributed by atoms with van der Waals surface area (Å²) in [6.07, 6.45) is 1.29. The molecule has 8 nitrogen and oxygen atoms in total. The number of nitrogens with zero attached hydrogens (tertiary/aromatic N) is 2. The maximum absolute atomic E-state index is 11.9. The Kier molecular flexibility index (Phi) is 6.85. The Morgan fingerprint density at radius 1 is 1.35 bits per heavy atom. The molecule has 1 heterocycles. The highest BCUT2D eigenvalue weighted by Gasteiger charge is 2.23. The van der Waals surface area contributed by atoms with Crippen LogP contribution >= 0.6 is 0 Å². The Morgan fingerprint density at radius 2 is 2.00 bits per heavy atom. The normalized spacial score (nSPS) is 10.0. The van der Waals surface area contributed by atoms with Gasteiger partial charge in [0.05, 0.1) is 35.8 Å². The Hall–Kier alpha value is -2.77. The molecule has 0 aliphatic heterocycles. The molecule has 0 saturated carbocycles. The second-order valence-corrected chi connectivity index (χ2v) is 4.37. The van der Waals surface area contributed by atoms with Crippen LogP contribution in [0, 0.1) is 10.1 Å². The molecule has 0 aliphatic carbocycles. The van der Waals surface area contributed by atoms with Crippen molar-refractivity contribution in [1.82, 2.24) is 4.98 Å². The highest BCUT2D eigenvalue weighted by molar-refractivity contribution is 5.93. The molecule has 0 aromatic carbocycles. The highest BCUT2D eigenvalue weighted by atomic mass is 16.6. The first-order valence-electron chi connectivity index (χ1n) is 7.08. The summed E-state index contributed by atoms with van der Waals surface area (Å²) in [5.41, 5.74) is -0.115. The van der Waals surface area contributed by atoms with Crippen LogP contribution in [0.4, 0.5) is 5.69 Å². The summed E-state index contributed by atoms with van der Waals surface area (Å²) in [6, 6.07) is 1.10. The molecule has 0 bridgehead atoms. The number of pyridine rings is 1. The van der Waals surface area contributed by atoms with Crippen LogP contribution < -0.4 is 0 Å². The van der Waals surface area contributed by atoms with Gasteiger partial charge in [0, 0.05) is 12.5 Å². The second kappa shape index (κ2) is 8.62. The van der Waals surface area contributed by atoms with Crippen LogP contribution in [0.25, 0.3) is 6.08 Å². The minimum atomic E-state index is -0.713. The molecule has 0 fully saturated rings. The van der Waals surface area contributed by atoms with Crippen molar-refractivity contribution in [3.8, 4) is 0 Å². The zero-order valence-electron chi connectivity index (χ0n) is 13.0. The van der Waals surface area contributed by atoms with Gasteiger partial charge in [0.15, 0.2) is 0 Å². The zero-order valence-corrected chi connectivity index (χ0v) is 13.0. The van der Waals surface area contributed by atoms with Crippen LogP contribution in [0.5, 0.6) is 0 Å². The van der Waals surface area contributed by atoms with Crippen LogP contribution in [-0.2, 0) is 20.7 Å². The number of esters is 2. The Bertz CT molecular complexity index is 627. The minimum Gasteiger partial charge on any atom is -0.466 e. The molecule has 0 unspecified atom stereocenters. The summed E-state index contributed by atoms with van der Waals surface area (Å²) in [5, 5.41) is 11.2. The fraction of sp³-hybridized carbons (Fsp3) is 0.400. The standard InChI is InChI=1S/C15H18N2O6/c1-4-11-10(15(19)23-6-3)9-13(17(20)21)12(16-11)7-8-14(18)22-5-2/h4,9H,1,5-8H2,2-3H3. The number of hydrogen-bond donors (Lipinski definition) is 0. The van der Waals surface area contributed by atoms with Crippen molar-refractivity contribution in [2.75, 3.05) is 13.2 Å². The average molecular weight is 322 g/mol. The van der Waals surface area contributed by atoms with Crippen LogP contribution in [-0.4, -0.2) is 35.1 Å². The van der Waals surface area contributed by atoms with Gasteiger partial charge in [0.2, 0.25) is 0 Å². The van der Waals surface area contributed by atoms with Crippen molar-refractivity contribution in [2.45, 2.75) is 26.7 Å². The average Bonchev–Trinajstić information content (AvgIpc) is 2.52. The predicted molar refractivity (Wildman–Crippen MR) is 81.9 cm³/mol. The van der Waals surface area contributed by atoms with E-state index in [9.17, 15) is 19.7 Å². The number of ether oxygens (including phenoxy) is 2. The van der Waals surface area contributed by atoms with Gasteiger partial charge in [-0.25, -0.2) is 9.78 Å². The van der Waals surface area contributed by atoms with E-state index < -0.39 is 16.9 Å². The summed E-state index contributed by atoms with van der Waals surface area (Å²) in [7, 11) is 0. The lowest BCUT2D eigenvalue weighted by Crippen LogP contribution is -2.12. The third kappa shape index (κ3) is 4.87. The van der Waals surface area contributed by atoms with Gasteiger partial charge in [-0.3, -0.25) is 14.9 Å². The lowest BCUT2D eigenvalue weighted by Gasteiger charge is -2.08. The Labute approximate surface area is 133 Å². The van der Waals surface area contributed by atoms with Crippen LogP contribution in [0.15, 0.2) is 12.6 Å². The number of aromatic nitrogens is 1. The van der Waals surface area contributed by atoms with Gasteiger partial charge in [-0.05, 0) is 19.9 Å². The fourth-order valence-corrected chi connectivity index (χ4v) is 1.88. The molecule has 124 valence electrons. The number of aryl methyl sites for hydroxylation is 1. The molecule has 0 spiro atoms. The van der Waals surface area contributed by atoms with Gasteiger partial charge in [0.1, 0.15) is 5.69 Å². The summed E-state index contributed by atoms with van der Waals surface area (Å²) in [4.78, 5) is 37.9. The van der Waals surface area contributed by atoms with Gasteiger partial charge in [-0.1, -0.05) is 6.58 Å². The molecule has 0 N–H and O–H groups in total. The van der Waals surface area contributed by atoms with E-state index in [0.717, 1.165) is 6.07 Å². The SMILES string of the molecule is C=Cc1nc(CCC(=O)OCC)c([N+](=O)[O-])cc1C(=O)OCC. The van der Waals surface area contributed by atoms with Crippen LogP contribution in [0.1, 0.15) is 42.0 Å². The van der Waals surface area contributed by atoms with E-state index in [1.54, 1.807) is 13.8 Å². The Morgan fingerprint density at radius 3 is 2.52 bits per heavy atom. The van der Waals surface area contributed by atoms with Crippen molar-refractivity contribution < 1.29 is 24.0 Å². The minimum absolute atomic E-state index is 0.0269. The van der Waals surface area contributed by atoms with Crippen molar-refractivity contribution in [3.63, 3.8) is 0 Å². The number of rotatable bonds is 8. The van der Waals surface area contributed by atoms with E-state index >= 15 is 0 Å². The second-order valence-electron chi connectivity index (χ2n) is 4.37. The van der Waals surface area contributed by atoms with E-state index in [-0.39, 0.29) is 48.7 Å². The summed E-state index contributed by atoms with van der Waals surface area (Å²) >= 11 is 0. The summed E-state index contributed by atoms with van der Waals surface area (Å²) in [5.74, 6) is -1.19. The largest absolute Gasteiger partial charge is 0.466 e.